The molecule has 1 heterocycles. The van der Waals surface area contributed by atoms with Crippen molar-refractivity contribution in [3.63, 3.8) is 0 Å². The second kappa shape index (κ2) is 5.99. The first-order chi connectivity index (χ1) is 9.44. The Bertz CT molecular complexity index is 380. The lowest BCUT2D eigenvalue weighted by Crippen LogP contribution is -2.56. The van der Waals surface area contributed by atoms with Crippen LogP contribution in [-0.4, -0.2) is 65.7 Å². The summed E-state index contributed by atoms with van der Waals surface area (Å²) in [6, 6.07) is 0.115. The zero-order valence-electron chi connectivity index (χ0n) is 12.4. The predicted octanol–water partition coefficient (Wildman–Crippen LogP) is 1.12. The molecule has 0 spiro atoms. The topological polar surface area (TPSA) is 72.9 Å². The van der Waals surface area contributed by atoms with Gasteiger partial charge in [-0.1, -0.05) is 12.8 Å². The molecular formula is C14H25N3O3. The summed E-state index contributed by atoms with van der Waals surface area (Å²) in [5.74, 6) is -0.908. The van der Waals surface area contributed by atoms with E-state index in [1.165, 1.54) is 0 Å². The molecule has 6 nitrogen and oxygen atoms in total. The molecule has 0 bridgehead atoms. The second-order valence-electron chi connectivity index (χ2n) is 6.18. The monoisotopic (exact) mass is 283 g/mol. The van der Waals surface area contributed by atoms with E-state index in [0.29, 0.717) is 25.4 Å². The molecule has 1 saturated carbocycles. The van der Waals surface area contributed by atoms with E-state index in [1.807, 2.05) is 0 Å². The third-order valence-corrected chi connectivity index (χ3v) is 4.72. The molecule has 20 heavy (non-hydrogen) atoms. The zero-order chi connectivity index (χ0) is 14.8. The van der Waals surface area contributed by atoms with Crippen molar-refractivity contribution in [2.45, 2.75) is 50.1 Å². The van der Waals surface area contributed by atoms with Crippen molar-refractivity contribution in [1.82, 2.24) is 15.1 Å². The summed E-state index contributed by atoms with van der Waals surface area (Å²) in [6.07, 6.45) is 5.05. The molecule has 1 saturated heterocycles. The summed E-state index contributed by atoms with van der Waals surface area (Å²) in [4.78, 5) is 27.5. The molecule has 2 aliphatic rings. The highest BCUT2D eigenvalue weighted by atomic mass is 16.4. The molecule has 0 radical (unpaired) electrons. The summed E-state index contributed by atoms with van der Waals surface area (Å²) >= 11 is 0. The molecular weight excluding hydrogens is 258 g/mol. The molecule has 114 valence electrons. The highest BCUT2D eigenvalue weighted by Gasteiger charge is 2.43. The van der Waals surface area contributed by atoms with Crippen molar-refractivity contribution in [3.05, 3.63) is 0 Å². The average molecular weight is 283 g/mol. The van der Waals surface area contributed by atoms with Crippen molar-refractivity contribution < 1.29 is 14.7 Å². The number of nitrogens with zero attached hydrogens (tertiary/aromatic N) is 2. The Morgan fingerprint density at radius 2 is 2.00 bits per heavy atom. The molecule has 0 aromatic rings. The van der Waals surface area contributed by atoms with E-state index in [1.54, 1.807) is 11.9 Å². The van der Waals surface area contributed by atoms with Crippen LogP contribution in [0.1, 0.15) is 38.5 Å². The Balaban J connectivity index is 1.91. The largest absolute Gasteiger partial charge is 0.480 e. The maximum Gasteiger partial charge on any atom is 0.329 e. The van der Waals surface area contributed by atoms with Crippen LogP contribution in [0.2, 0.25) is 0 Å². The van der Waals surface area contributed by atoms with Gasteiger partial charge in [-0.2, -0.15) is 0 Å². The number of carbonyl (C=O) groups excluding carboxylic acids is 1. The van der Waals surface area contributed by atoms with Gasteiger partial charge in [0.2, 0.25) is 0 Å². The van der Waals surface area contributed by atoms with Gasteiger partial charge in [0.05, 0.1) is 0 Å². The normalized spacial score (nSPS) is 25.6. The first-order valence-electron chi connectivity index (χ1n) is 7.41. The number of aliphatic carboxylic acids is 1. The van der Waals surface area contributed by atoms with E-state index in [4.69, 9.17) is 0 Å². The van der Waals surface area contributed by atoms with Crippen molar-refractivity contribution in [2.24, 2.45) is 0 Å². The Labute approximate surface area is 120 Å². The average Bonchev–Trinajstić information content (AvgIpc) is 3.00. The number of nitrogens with one attached hydrogen (secondary N) is 1. The predicted molar refractivity (Wildman–Crippen MR) is 75.6 cm³/mol. The molecule has 6 heteroatoms. The molecule has 2 fully saturated rings. The third kappa shape index (κ3) is 3.06. The molecule has 1 aliphatic heterocycles. The number of hydrogen-bond acceptors (Lipinski definition) is 3. The van der Waals surface area contributed by atoms with Crippen molar-refractivity contribution in [3.8, 4) is 0 Å². The number of likely N-dealkylation sites (tertiary alicyclic amines) is 1. The Kier molecular flexibility index (Phi) is 4.52. The van der Waals surface area contributed by atoms with Crippen LogP contribution in [0.25, 0.3) is 0 Å². The summed E-state index contributed by atoms with van der Waals surface area (Å²) in [5.41, 5.74) is -1.05. The number of carbonyl (C=O) groups is 2. The molecule has 2 rings (SSSR count). The first kappa shape index (κ1) is 15.1. The number of rotatable bonds is 4. The second-order valence-corrected chi connectivity index (χ2v) is 6.18. The SMILES string of the molecule is CN(CC1CCCN1C)C(=O)NC1(C(=O)O)CCCC1. The molecule has 2 N–H and O–H groups in total. The fraction of sp³-hybridized carbons (Fsp3) is 0.857. The highest BCUT2D eigenvalue weighted by Crippen LogP contribution is 2.30. The van der Waals surface area contributed by atoms with Gasteiger partial charge in [-0.3, -0.25) is 0 Å². The summed E-state index contributed by atoms with van der Waals surface area (Å²) in [7, 11) is 3.81. The van der Waals surface area contributed by atoms with Gasteiger partial charge in [-0.05, 0) is 39.3 Å². The van der Waals surface area contributed by atoms with Crippen LogP contribution in [0.15, 0.2) is 0 Å². The van der Waals surface area contributed by atoms with Gasteiger partial charge in [0, 0.05) is 19.6 Å². The van der Waals surface area contributed by atoms with Gasteiger partial charge in [0.1, 0.15) is 5.54 Å². The standard InChI is InChI=1S/C14H25N3O3/c1-16-9-5-6-11(16)10-17(2)13(20)15-14(12(18)19)7-3-4-8-14/h11H,3-10H2,1-2H3,(H,15,20)(H,18,19). The van der Waals surface area contributed by atoms with E-state index >= 15 is 0 Å². The van der Waals surface area contributed by atoms with Crippen molar-refractivity contribution in [2.75, 3.05) is 27.2 Å². The maximum absolute atomic E-state index is 12.2. The van der Waals surface area contributed by atoms with E-state index in [-0.39, 0.29) is 6.03 Å². The number of hydrogen-bond donors (Lipinski definition) is 2. The lowest BCUT2D eigenvalue weighted by Gasteiger charge is -2.31. The lowest BCUT2D eigenvalue weighted by molar-refractivity contribution is -0.144. The minimum absolute atomic E-state index is 0.269. The van der Waals surface area contributed by atoms with Gasteiger partial charge < -0.3 is 20.2 Å². The molecule has 1 atom stereocenters. The van der Waals surface area contributed by atoms with E-state index in [9.17, 15) is 14.7 Å². The summed E-state index contributed by atoms with van der Waals surface area (Å²) < 4.78 is 0. The minimum atomic E-state index is -1.05. The maximum atomic E-state index is 12.2. The number of amides is 2. The van der Waals surface area contributed by atoms with Crippen LogP contribution in [0.5, 0.6) is 0 Å². The van der Waals surface area contributed by atoms with Crippen LogP contribution in [-0.2, 0) is 4.79 Å². The highest BCUT2D eigenvalue weighted by molar-refractivity contribution is 5.86. The fourth-order valence-corrected chi connectivity index (χ4v) is 3.28. The number of likely N-dealkylation sites (N-methyl/N-ethyl adjacent to an activating group) is 2. The molecule has 1 aliphatic carbocycles. The van der Waals surface area contributed by atoms with Crippen molar-refractivity contribution >= 4 is 12.0 Å². The van der Waals surface area contributed by atoms with Crippen LogP contribution < -0.4 is 5.32 Å². The van der Waals surface area contributed by atoms with Crippen LogP contribution in [0.3, 0.4) is 0 Å². The number of carboxylic acids is 1. The van der Waals surface area contributed by atoms with Gasteiger partial charge in [-0.15, -0.1) is 0 Å². The zero-order valence-corrected chi connectivity index (χ0v) is 12.4. The lowest BCUT2D eigenvalue weighted by atomic mass is 9.98. The number of urea groups is 1. The van der Waals surface area contributed by atoms with Gasteiger partial charge in [-0.25, -0.2) is 9.59 Å². The summed E-state index contributed by atoms with van der Waals surface area (Å²) in [5, 5.41) is 12.1. The fourth-order valence-electron chi connectivity index (χ4n) is 3.28. The molecule has 0 aromatic heterocycles. The first-order valence-corrected chi connectivity index (χ1v) is 7.41. The third-order valence-electron chi connectivity index (χ3n) is 4.72. The van der Waals surface area contributed by atoms with Crippen LogP contribution in [0, 0.1) is 0 Å². The quantitative estimate of drug-likeness (QED) is 0.811. The van der Waals surface area contributed by atoms with Gasteiger partial charge in [0.25, 0.3) is 0 Å². The Morgan fingerprint density at radius 1 is 1.35 bits per heavy atom. The smallest absolute Gasteiger partial charge is 0.329 e. The molecule has 0 aromatic carbocycles. The Hall–Kier alpha value is -1.30. The summed E-state index contributed by atoms with van der Waals surface area (Å²) in [6.45, 7) is 1.72. The number of carboxylic acid groups (broad SMARTS) is 1. The van der Waals surface area contributed by atoms with E-state index in [2.05, 4.69) is 17.3 Å². The molecule has 2 amide bonds. The van der Waals surface area contributed by atoms with Gasteiger partial charge >= 0.3 is 12.0 Å². The van der Waals surface area contributed by atoms with Gasteiger partial charge in [0.15, 0.2) is 0 Å². The van der Waals surface area contributed by atoms with E-state index < -0.39 is 11.5 Å². The van der Waals surface area contributed by atoms with Crippen LogP contribution in [0.4, 0.5) is 4.79 Å². The minimum Gasteiger partial charge on any atom is -0.480 e. The van der Waals surface area contributed by atoms with Crippen molar-refractivity contribution in [1.29, 1.82) is 0 Å². The molecule has 1 unspecified atom stereocenters. The van der Waals surface area contributed by atoms with E-state index in [0.717, 1.165) is 32.2 Å². The van der Waals surface area contributed by atoms with Crippen LogP contribution >= 0.6 is 0 Å². The Morgan fingerprint density at radius 3 is 2.50 bits per heavy atom.